The molecule has 0 aromatic heterocycles. The fourth-order valence-electron chi connectivity index (χ4n) is 2.36. The Morgan fingerprint density at radius 3 is 2.27 bits per heavy atom. The van der Waals surface area contributed by atoms with Crippen LogP contribution >= 0.6 is 0 Å². The van der Waals surface area contributed by atoms with Crippen LogP contribution in [0.25, 0.3) is 0 Å². The summed E-state index contributed by atoms with van der Waals surface area (Å²) in [6, 6.07) is 8.38. The van der Waals surface area contributed by atoms with Gasteiger partial charge >= 0.3 is 16.2 Å². The van der Waals surface area contributed by atoms with Gasteiger partial charge in [0, 0.05) is 20.1 Å². The van der Waals surface area contributed by atoms with E-state index in [4.69, 9.17) is 0 Å². The standard InChI is InChI=1S/C14H22N4O3S/c1-17(13-9-5-4-6-10-13)15-14(19)16-22(20,21)18-11-7-2-3-8-12-18/h4-6,9-10H,2-3,7-8,11-12H2,1H3,(H2,15,16,19). The number of urea groups is 1. The van der Waals surface area contributed by atoms with E-state index in [0.717, 1.165) is 31.4 Å². The lowest BCUT2D eigenvalue weighted by molar-refractivity contribution is 0.244. The van der Waals surface area contributed by atoms with Crippen molar-refractivity contribution in [2.45, 2.75) is 25.7 Å². The van der Waals surface area contributed by atoms with Gasteiger partial charge in [0.2, 0.25) is 0 Å². The molecule has 1 aliphatic rings. The third kappa shape index (κ3) is 4.60. The van der Waals surface area contributed by atoms with Gasteiger partial charge in [0.25, 0.3) is 0 Å². The van der Waals surface area contributed by atoms with Gasteiger partial charge in [-0.1, -0.05) is 31.0 Å². The van der Waals surface area contributed by atoms with Crippen LogP contribution in [0.2, 0.25) is 0 Å². The summed E-state index contributed by atoms with van der Waals surface area (Å²) in [5, 5.41) is 1.47. The molecule has 2 rings (SSSR count). The van der Waals surface area contributed by atoms with Crippen molar-refractivity contribution in [3.8, 4) is 0 Å². The summed E-state index contributed by atoms with van der Waals surface area (Å²) in [5.41, 5.74) is 3.24. The summed E-state index contributed by atoms with van der Waals surface area (Å²) < 4.78 is 27.8. The van der Waals surface area contributed by atoms with Gasteiger partial charge in [0.05, 0.1) is 5.69 Å². The topological polar surface area (TPSA) is 81.8 Å². The summed E-state index contributed by atoms with van der Waals surface area (Å²) in [7, 11) is -2.14. The minimum absolute atomic E-state index is 0.455. The van der Waals surface area contributed by atoms with Gasteiger partial charge in [0.15, 0.2) is 0 Å². The Kier molecular flexibility index (Phi) is 5.62. The highest BCUT2D eigenvalue weighted by Gasteiger charge is 2.25. The Labute approximate surface area is 131 Å². The normalized spacial score (nSPS) is 16.6. The molecule has 2 amide bonds. The summed E-state index contributed by atoms with van der Waals surface area (Å²) in [6.07, 6.45) is 3.70. The molecule has 0 bridgehead atoms. The van der Waals surface area contributed by atoms with Gasteiger partial charge < -0.3 is 0 Å². The number of amides is 2. The van der Waals surface area contributed by atoms with Gasteiger partial charge in [-0.15, -0.1) is 0 Å². The lowest BCUT2D eigenvalue weighted by Crippen LogP contribution is -2.51. The Morgan fingerprint density at radius 2 is 1.68 bits per heavy atom. The van der Waals surface area contributed by atoms with Crippen LogP contribution in [0.15, 0.2) is 30.3 Å². The molecule has 1 fully saturated rings. The van der Waals surface area contributed by atoms with Gasteiger partial charge in [-0.2, -0.15) is 12.7 Å². The van der Waals surface area contributed by atoms with Crippen molar-refractivity contribution in [2.24, 2.45) is 0 Å². The van der Waals surface area contributed by atoms with Crippen LogP contribution < -0.4 is 15.2 Å². The smallest absolute Gasteiger partial charge is 0.287 e. The molecule has 0 unspecified atom stereocenters. The van der Waals surface area contributed by atoms with E-state index >= 15 is 0 Å². The van der Waals surface area contributed by atoms with E-state index in [-0.39, 0.29) is 0 Å². The van der Waals surface area contributed by atoms with Crippen molar-refractivity contribution >= 4 is 21.9 Å². The fraction of sp³-hybridized carbons (Fsp3) is 0.500. The molecule has 7 nitrogen and oxygen atoms in total. The Bertz CT molecular complexity index is 583. The van der Waals surface area contributed by atoms with Gasteiger partial charge in [0.1, 0.15) is 0 Å². The monoisotopic (exact) mass is 326 g/mol. The first kappa shape index (κ1) is 16.6. The Hall–Kier alpha value is -1.80. The highest BCUT2D eigenvalue weighted by Crippen LogP contribution is 2.12. The first-order valence-corrected chi connectivity index (χ1v) is 8.80. The zero-order valence-electron chi connectivity index (χ0n) is 12.7. The average molecular weight is 326 g/mol. The van der Waals surface area contributed by atoms with Crippen LogP contribution in [0.1, 0.15) is 25.7 Å². The van der Waals surface area contributed by atoms with E-state index < -0.39 is 16.2 Å². The number of hydrogen-bond acceptors (Lipinski definition) is 4. The van der Waals surface area contributed by atoms with Crippen molar-refractivity contribution in [2.75, 3.05) is 25.1 Å². The van der Waals surface area contributed by atoms with Crippen molar-refractivity contribution in [1.82, 2.24) is 14.5 Å². The van der Waals surface area contributed by atoms with Crippen LogP contribution in [-0.4, -0.2) is 38.9 Å². The molecule has 8 heteroatoms. The lowest BCUT2D eigenvalue weighted by atomic mass is 10.2. The maximum Gasteiger partial charge on any atom is 0.348 e. The highest BCUT2D eigenvalue weighted by atomic mass is 32.2. The summed E-state index contributed by atoms with van der Waals surface area (Å²) in [6.45, 7) is 0.911. The van der Waals surface area contributed by atoms with E-state index in [0.29, 0.717) is 13.1 Å². The second-order valence-electron chi connectivity index (χ2n) is 5.26. The fourth-order valence-corrected chi connectivity index (χ4v) is 3.50. The molecule has 122 valence electrons. The van der Waals surface area contributed by atoms with Crippen molar-refractivity contribution in [1.29, 1.82) is 0 Å². The third-order valence-electron chi connectivity index (χ3n) is 3.54. The number of para-hydroxylation sites is 1. The number of hydrogen-bond donors (Lipinski definition) is 2. The van der Waals surface area contributed by atoms with Crippen molar-refractivity contribution < 1.29 is 13.2 Å². The van der Waals surface area contributed by atoms with E-state index in [9.17, 15) is 13.2 Å². The average Bonchev–Trinajstić information content (AvgIpc) is 2.77. The molecule has 1 aromatic rings. The number of rotatable bonds is 4. The van der Waals surface area contributed by atoms with Gasteiger partial charge in [-0.05, 0) is 25.0 Å². The van der Waals surface area contributed by atoms with E-state index in [1.54, 1.807) is 7.05 Å². The van der Waals surface area contributed by atoms with Gasteiger partial charge in [-0.25, -0.2) is 14.9 Å². The lowest BCUT2D eigenvalue weighted by Gasteiger charge is -2.23. The molecule has 0 saturated carbocycles. The molecule has 1 heterocycles. The molecule has 0 aliphatic carbocycles. The molecule has 0 atom stereocenters. The molecule has 0 spiro atoms. The number of nitrogens with one attached hydrogen (secondary N) is 2. The number of carbonyl (C=O) groups excluding carboxylic acids is 1. The highest BCUT2D eigenvalue weighted by molar-refractivity contribution is 7.87. The summed E-state index contributed by atoms with van der Waals surface area (Å²) >= 11 is 0. The second-order valence-corrected chi connectivity index (χ2v) is 6.93. The molecular weight excluding hydrogens is 304 g/mol. The first-order chi connectivity index (χ1) is 10.5. The van der Waals surface area contributed by atoms with Crippen LogP contribution in [0, 0.1) is 0 Å². The number of anilines is 1. The number of hydrazine groups is 1. The minimum Gasteiger partial charge on any atom is -0.287 e. The molecule has 2 N–H and O–H groups in total. The summed E-state index contributed by atoms with van der Waals surface area (Å²) in [5.74, 6) is 0. The number of carbonyl (C=O) groups is 1. The molecule has 1 aliphatic heterocycles. The van der Waals surface area contributed by atoms with Crippen molar-refractivity contribution in [3.63, 3.8) is 0 Å². The summed E-state index contributed by atoms with van der Waals surface area (Å²) in [4.78, 5) is 11.9. The SMILES string of the molecule is CN(NC(=O)NS(=O)(=O)N1CCCCCC1)c1ccccc1. The Morgan fingerprint density at radius 1 is 1.09 bits per heavy atom. The number of benzene rings is 1. The first-order valence-electron chi connectivity index (χ1n) is 7.36. The zero-order chi connectivity index (χ0) is 16.0. The largest absolute Gasteiger partial charge is 0.348 e. The predicted octanol–water partition coefficient (Wildman–Crippen LogP) is 1.46. The van der Waals surface area contributed by atoms with Crippen molar-refractivity contribution in [3.05, 3.63) is 30.3 Å². The van der Waals surface area contributed by atoms with Crippen LogP contribution in [0.5, 0.6) is 0 Å². The number of nitrogens with zero attached hydrogens (tertiary/aromatic N) is 2. The quantitative estimate of drug-likeness (QED) is 0.821. The van der Waals surface area contributed by atoms with Crippen LogP contribution in [0.4, 0.5) is 10.5 Å². The van der Waals surface area contributed by atoms with E-state index in [2.05, 4.69) is 10.1 Å². The molecular formula is C14H22N4O3S. The van der Waals surface area contributed by atoms with Gasteiger partial charge in [-0.3, -0.25) is 5.01 Å². The minimum atomic E-state index is -3.79. The third-order valence-corrected chi connectivity index (χ3v) is 5.03. The molecule has 22 heavy (non-hydrogen) atoms. The molecule has 0 radical (unpaired) electrons. The Balaban J connectivity index is 1.93. The van der Waals surface area contributed by atoms with Crippen LogP contribution in [0.3, 0.4) is 0 Å². The molecule has 1 saturated heterocycles. The van der Waals surface area contributed by atoms with E-state index in [1.165, 1.54) is 9.31 Å². The molecule has 1 aromatic carbocycles. The second kappa shape index (κ2) is 7.46. The maximum absolute atomic E-state index is 12.2. The predicted molar refractivity (Wildman–Crippen MR) is 85.5 cm³/mol. The van der Waals surface area contributed by atoms with Crippen LogP contribution in [-0.2, 0) is 10.2 Å². The maximum atomic E-state index is 12.2. The zero-order valence-corrected chi connectivity index (χ0v) is 13.5. The van der Waals surface area contributed by atoms with E-state index in [1.807, 2.05) is 30.3 Å².